The third-order valence-electron chi connectivity index (χ3n) is 2.96. The number of benzene rings is 1. The maximum absolute atomic E-state index is 13.3. The SMILES string of the molecule is CC(C)Cn1c(Cl)c(C(C)O)c2cc(F)ccc21. The molecule has 18 heavy (non-hydrogen) atoms. The van der Waals surface area contributed by atoms with E-state index in [1.54, 1.807) is 13.0 Å². The molecule has 0 spiro atoms. The summed E-state index contributed by atoms with van der Waals surface area (Å²) in [6, 6.07) is 4.56. The molecule has 0 saturated heterocycles. The van der Waals surface area contributed by atoms with Crippen LogP contribution in [-0.4, -0.2) is 9.67 Å². The van der Waals surface area contributed by atoms with Crippen molar-refractivity contribution in [3.63, 3.8) is 0 Å². The first kappa shape index (κ1) is 13.4. The molecule has 1 aromatic carbocycles. The second-order valence-corrected chi connectivity index (χ2v) is 5.40. The van der Waals surface area contributed by atoms with Crippen LogP contribution in [0, 0.1) is 11.7 Å². The minimum Gasteiger partial charge on any atom is -0.389 e. The first-order valence-electron chi connectivity index (χ1n) is 6.07. The van der Waals surface area contributed by atoms with Crippen molar-refractivity contribution in [3.8, 4) is 0 Å². The molecule has 0 fully saturated rings. The largest absolute Gasteiger partial charge is 0.389 e. The summed E-state index contributed by atoms with van der Waals surface area (Å²) in [7, 11) is 0. The van der Waals surface area contributed by atoms with E-state index in [-0.39, 0.29) is 5.82 Å². The molecule has 1 N–H and O–H groups in total. The van der Waals surface area contributed by atoms with E-state index in [4.69, 9.17) is 11.6 Å². The van der Waals surface area contributed by atoms with Gasteiger partial charge in [0, 0.05) is 23.0 Å². The van der Waals surface area contributed by atoms with Crippen molar-refractivity contribution in [2.75, 3.05) is 0 Å². The quantitative estimate of drug-likeness (QED) is 0.890. The van der Waals surface area contributed by atoms with E-state index in [1.165, 1.54) is 12.1 Å². The van der Waals surface area contributed by atoms with Crippen LogP contribution >= 0.6 is 11.6 Å². The zero-order valence-electron chi connectivity index (χ0n) is 10.7. The Balaban J connectivity index is 2.74. The van der Waals surface area contributed by atoms with Crippen LogP contribution in [0.1, 0.15) is 32.4 Å². The lowest BCUT2D eigenvalue weighted by atomic mass is 10.1. The molecule has 0 radical (unpaired) electrons. The zero-order chi connectivity index (χ0) is 13.4. The van der Waals surface area contributed by atoms with E-state index in [9.17, 15) is 9.50 Å². The fraction of sp³-hybridized carbons (Fsp3) is 0.429. The minimum absolute atomic E-state index is 0.317. The molecular formula is C14H17ClFNO. The Morgan fingerprint density at radius 3 is 2.56 bits per heavy atom. The highest BCUT2D eigenvalue weighted by atomic mass is 35.5. The van der Waals surface area contributed by atoms with Crippen LogP contribution in [0.25, 0.3) is 10.9 Å². The van der Waals surface area contributed by atoms with E-state index in [2.05, 4.69) is 13.8 Å². The number of hydrogen-bond donors (Lipinski definition) is 1. The van der Waals surface area contributed by atoms with Gasteiger partial charge in [0.05, 0.1) is 6.10 Å². The Morgan fingerprint density at radius 2 is 2.00 bits per heavy atom. The average molecular weight is 270 g/mol. The van der Waals surface area contributed by atoms with Crippen molar-refractivity contribution >= 4 is 22.5 Å². The smallest absolute Gasteiger partial charge is 0.123 e. The Kier molecular flexibility index (Phi) is 3.64. The van der Waals surface area contributed by atoms with Gasteiger partial charge in [0.1, 0.15) is 11.0 Å². The molecule has 2 rings (SSSR count). The summed E-state index contributed by atoms with van der Waals surface area (Å²) in [4.78, 5) is 0. The maximum Gasteiger partial charge on any atom is 0.123 e. The van der Waals surface area contributed by atoms with E-state index in [0.29, 0.717) is 22.0 Å². The van der Waals surface area contributed by atoms with Crippen molar-refractivity contribution in [2.24, 2.45) is 5.92 Å². The van der Waals surface area contributed by atoms with Gasteiger partial charge in [0.15, 0.2) is 0 Å². The summed E-state index contributed by atoms with van der Waals surface area (Å²) in [5.74, 6) is 0.104. The Morgan fingerprint density at radius 1 is 1.33 bits per heavy atom. The topological polar surface area (TPSA) is 25.2 Å². The number of nitrogens with zero attached hydrogens (tertiary/aromatic N) is 1. The normalized spacial score (nSPS) is 13.5. The lowest BCUT2D eigenvalue weighted by molar-refractivity contribution is 0.200. The molecule has 0 aliphatic rings. The lowest BCUT2D eigenvalue weighted by Crippen LogP contribution is -2.04. The Bertz CT molecular complexity index is 575. The second-order valence-electron chi connectivity index (χ2n) is 5.05. The molecule has 0 amide bonds. The van der Waals surface area contributed by atoms with Crippen molar-refractivity contribution in [1.82, 2.24) is 4.57 Å². The molecule has 1 heterocycles. The predicted molar refractivity (Wildman–Crippen MR) is 72.4 cm³/mol. The maximum atomic E-state index is 13.3. The van der Waals surface area contributed by atoms with Crippen LogP contribution < -0.4 is 0 Å². The number of aromatic nitrogens is 1. The first-order valence-corrected chi connectivity index (χ1v) is 6.44. The molecule has 0 saturated carbocycles. The molecule has 0 bridgehead atoms. The molecule has 2 aromatic rings. The fourth-order valence-electron chi connectivity index (χ4n) is 2.26. The van der Waals surface area contributed by atoms with E-state index in [0.717, 1.165) is 12.1 Å². The van der Waals surface area contributed by atoms with Crippen molar-refractivity contribution in [3.05, 3.63) is 34.7 Å². The number of aliphatic hydroxyl groups is 1. The molecule has 1 atom stereocenters. The fourth-order valence-corrected chi connectivity index (χ4v) is 2.68. The van der Waals surface area contributed by atoms with Gasteiger partial charge in [0.2, 0.25) is 0 Å². The summed E-state index contributed by atoms with van der Waals surface area (Å²) in [5.41, 5.74) is 1.47. The molecule has 2 nitrogen and oxygen atoms in total. The summed E-state index contributed by atoms with van der Waals surface area (Å²) in [6.07, 6.45) is -0.713. The molecule has 0 aliphatic carbocycles. The van der Waals surface area contributed by atoms with Crippen molar-refractivity contribution in [2.45, 2.75) is 33.4 Å². The van der Waals surface area contributed by atoms with Gasteiger partial charge in [-0.3, -0.25) is 0 Å². The minimum atomic E-state index is -0.713. The summed E-state index contributed by atoms with van der Waals surface area (Å²) in [5, 5.41) is 11.0. The van der Waals surface area contributed by atoms with Crippen LogP contribution in [0.4, 0.5) is 4.39 Å². The highest BCUT2D eigenvalue weighted by Gasteiger charge is 2.19. The third-order valence-corrected chi connectivity index (χ3v) is 3.37. The number of rotatable bonds is 3. The number of hydrogen-bond acceptors (Lipinski definition) is 1. The molecule has 98 valence electrons. The highest BCUT2D eigenvalue weighted by Crippen LogP contribution is 2.35. The van der Waals surface area contributed by atoms with E-state index in [1.807, 2.05) is 4.57 Å². The van der Waals surface area contributed by atoms with Crippen molar-refractivity contribution < 1.29 is 9.50 Å². The van der Waals surface area contributed by atoms with Crippen molar-refractivity contribution in [1.29, 1.82) is 0 Å². The second kappa shape index (κ2) is 4.90. The number of fused-ring (bicyclic) bond motifs is 1. The van der Waals surface area contributed by atoms with Crippen LogP contribution in [-0.2, 0) is 6.54 Å². The van der Waals surface area contributed by atoms with Gasteiger partial charge >= 0.3 is 0 Å². The van der Waals surface area contributed by atoms with Crippen LogP contribution in [0.2, 0.25) is 5.15 Å². The van der Waals surface area contributed by atoms with Gasteiger partial charge in [-0.2, -0.15) is 0 Å². The van der Waals surface area contributed by atoms with Crippen LogP contribution in [0.3, 0.4) is 0 Å². The summed E-state index contributed by atoms with van der Waals surface area (Å²) < 4.78 is 15.3. The Labute approximate surface area is 111 Å². The monoisotopic (exact) mass is 269 g/mol. The van der Waals surface area contributed by atoms with Gasteiger partial charge < -0.3 is 9.67 Å². The molecule has 1 aromatic heterocycles. The van der Waals surface area contributed by atoms with E-state index < -0.39 is 6.10 Å². The van der Waals surface area contributed by atoms with Gasteiger partial charge in [-0.15, -0.1) is 0 Å². The average Bonchev–Trinajstić information content (AvgIpc) is 2.50. The Hall–Kier alpha value is -1.06. The molecule has 1 unspecified atom stereocenters. The number of aliphatic hydroxyl groups excluding tert-OH is 1. The van der Waals surface area contributed by atoms with Gasteiger partial charge in [-0.05, 0) is 31.0 Å². The molecule has 0 aliphatic heterocycles. The van der Waals surface area contributed by atoms with Gasteiger partial charge in [0.25, 0.3) is 0 Å². The summed E-state index contributed by atoms with van der Waals surface area (Å²) >= 11 is 6.32. The number of halogens is 2. The third kappa shape index (κ3) is 2.25. The summed E-state index contributed by atoms with van der Waals surface area (Å²) in [6.45, 7) is 6.57. The molecular weight excluding hydrogens is 253 g/mol. The first-order chi connectivity index (χ1) is 8.41. The highest BCUT2D eigenvalue weighted by molar-refractivity contribution is 6.32. The van der Waals surface area contributed by atoms with Crippen LogP contribution in [0.15, 0.2) is 18.2 Å². The van der Waals surface area contributed by atoms with Crippen LogP contribution in [0.5, 0.6) is 0 Å². The van der Waals surface area contributed by atoms with E-state index >= 15 is 0 Å². The lowest BCUT2D eigenvalue weighted by Gasteiger charge is -2.10. The van der Waals surface area contributed by atoms with Gasteiger partial charge in [-0.1, -0.05) is 25.4 Å². The zero-order valence-corrected chi connectivity index (χ0v) is 11.5. The van der Waals surface area contributed by atoms with Gasteiger partial charge in [-0.25, -0.2) is 4.39 Å². The predicted octanol–water partition coefficient (Wildman–Crippen LogP) is 4.14. The molecule has 4 heteroatoms. The standard InChI is InChI=1S/C14H17ClFNO/c1-8(2)7-17-12-5-4-10(16)6-11(12)13(9(3)18)14(17)15/h4-6,8-9,18H,7H2,1-3H3.